The number of primary sulfonamides is 1. The van der Waals surface area contributed by atoms with E-state index in [0.717, 1.165) is 11.1 Å². The monoisotopic (exact) mass is 539 g/mol. The van der Waals surface area contributed by atoms with Gasteiger partial charge in [0.05, 0.1) is 16.2 Å². The highest BCUT2D eigenvalue weighted by atomic mass is 32.2. The summed E-state index contributed by atoms with van der Waals surface area (Å²) >= 11 is 1.24. The number of carbonyl (C=O) groups is 1. The summed E-state index contributed by atoms with van der Waals surface area (Å²) in [5.41, 5.74) is 2.35. The van der Waals surface area contributed by atoms with E-state index in [0.29, 0.717) is 42.5 Å². The number of nitrogens with one attached hydrogen (secondary N) is 1. The van der Waals surface area contributed by atoms with Gasteiger partial charge in [0.1, 0.15) is 5.82 Å². The Morgan fingerprint density at radius 2 is 1.59 bits per heavy atom. The molecule has 11 heteroatoms. The third-order valence-corrected chi connectivity index (χ3v) is 7.51. The van der Waals surface area contributed by atoms with Gasteiger partial charge in [0.2, 0.25) is 15.9 Å². The molecule has 37 heavy (non-hydrogen) atoms. The highest BCUT2D eigenvalue weighted by Crippen LogP contribution is 2.26. The second kappa shape index (κ2) is 12.1. The molecule has 0 saturated carbocycles. The van der Waals surface area contributed by atoms with Crippen molar-refractivity contribution in [2.24, 2.45) is 5.14 Å². The van der Waals surface area contributed by atoms with Crippen molar-refractivity contribution >= 4 is 27.7 Å². The summed E-state index contributed by atoms with van der Waals surface area (Å²) in [5.74, 6) is -0.0382. The molecule has 1 heterocycles. The van der Waals surface area contributed by atoms with Gasteiger partial charge in [-0.15, -0.1) is 10.2 Å². The maximum atomic E-state index is 14.5. The van der Waals surface area contributed by atoms with Crippen LogP contribution in [0.25, 0.3) is 11.4 Å². The van der Waals surface area contributed by atoms with E-state index in [4.69, 9.17) is 5.14 Å². The molecule has 3 N–H and O–H groups in total. The van der Waals surface area contributed by atoms with Crippen LogP contribution >= 0.6 is 11.8 Å². The van der Waals surface area contributed by atoms with Crippen molar-refractivity contribution in [1.82, 2.24) is 20.1 Å². The Bertz CT molecular complexity index is 1460. The Hall–Kier alpha value is -3.54. The summed E-state index contributed by atoms with van der Waals surface area (Å²) in [6, 6.07) is 22.6. The Morgan fingerprint density at radius 3 is 2.30 bits per heavy atom. The Labute approximate surface area is 219 Å². The molecule has 0 aliphatic rings. The zero-order chi connectivity index (χ0) is 26.3. The highest BCUT2D eigenvalue weighted by molar-refractivity contribution is 7.99. The largest absolute Gasteiger partial charge is 0.355 e. The molecule has 0 spiro atoms. The zero-order valence-electron chi connectivity index (χ0n) is 19.9. The van der Waals surface area contributed by atoms with E-state index < -0.39 is 10.0 Å². The first-order valence-corrected chi connectivity index (χ1v) is 14.1. The van der Waals surface area contributed by atoms with Crippen LogP contribution in [-0.2, 0) is 34.2 Å². The van der Waals surface area contributed by atoms with E-state index in [1.807, 2.05) is 34.9 Å². The van der Waals surface area contributed by atoms with E-state index in [2.05, 4.69) is 15.5 Å². The van der Waals surface area contributed by atoms with Crippen molar-refractivity contribution in [3.05, 3.63) is 95.8 Å². The molecule has 0 saturated heterocycles. The van der Waals surface area contributed by atoms with Gasteiger partial charge in [-0.05, 0) is 48.2 Å². The van der Waals surface area contributed by atoms with Crippen molar-refractivity contribution in [3.8, 4) is 11.4 Å². The van der Waals surface area contributed by atoms with Gasteiger partial charge in [-0.2, -0.15) is 0 Å². The van der Waals surface area contributed by atoms with Crippen molar-refractivity contribution < 1.29 is 17.6 Å². The molecule has 192 valence electrons. The van der Waals surface area contributed by atoms with Gasteiger partial charge in [0, 0.05) is 13.1 Å². The minimum Gasteiger partial charge on any atom is -0.355 e. The summed E-state index contributed by atoms with van der Waals surface area (Å²) in [5, 5.41) is 17.0. The van der Waals surface area contributed by atoms with Crippen molar-refractivity contribution in [1.29, 1.82) is 0 Å². The summed E-state index contributed by atoms with van der Waals surface area (Å²) in [6.45, 7) is 0.911. The first kappa shape index (κ1) is 26.5. The number of halogens is 1. The smallest absolute Gasteiger partial charge is 0.238 e. The predicted molar refractivity (Wildman–Crippen MR) is 141 cm³/mol. The molecule has 3 aromatic carbocycles. The molecule has 4 rings (SSSR count). The van der Waals surface area contributed by atoms with Gasteiger partial charge in [0.15, 0.2) is 11.0 Å². The lowest BCUT2D eigenvalue weighted by molar-refractivity contribution is -0.118. The average Bonchev–Trinajstić information content (AvgIpc) is 3.29. The lowest BCUT2D eigenvalue weighted by atomic mass is 10.1. The average molecular weight is 540 g/mol. The molecule has 0 unspecified atom stereocenters. The van der Waals surface area contributed by atoms with Crippen LogP contribution in [0.1, 0.15) is 11.1 Å². The summed E-state index contributed by atoms with van der Waals surface area (Å²) in [7, 11) is -3.74. The maximum absolute atomic E-state index is 14.5. The quantitative estimate of drug-likeness (QED) is 0.282. The molecular formula is C26H26FN5O3S2. The molecule has 8 nitrogen and oxygen atoms in total. The molecule has 0 aliphatic heterocycles. The number of hydrogen-bond donors (Lipinski definition) is 2. The minimum atomic E-state index is -3.74. The summed E-state index contributed by atoms with van der Waals surface area (Å²) < 4.78 is 39.1. The molecule has 0 aliphatic carbocycles. The molecule has 1 aromatic heterocycles. The molecule has 0 bridgehead atoms. The normalized spacial score (nSPS) is 11.4. The second-order valence-corrected chi connectivity index (χ2v) is 10.8. The highest BCUT2D eigenvalue weighted by Gasteiger charge is 2.18. The Balaban J connectivity index is 1.38. The fourth-order valence-electron chi connectivity index (χ4n) is 3.70. The van der Waals surface area contributed by atoms with Crippen LogP contribution in [0.15, 0.2) is 88.9 Å². The third-order valence-electron chi connectivity index (χ3n) is 5.62. The predicted octanol–water partition coefficient (Wildman–Crippen LogP) is 3.43. The number of nitrogens with two attached hydrogens (primary N) is 1. The van der Waals surface area contributed by atoms with E-state index in [1.54, 1.807) is 30.3 Å². The number of thioether (sulfide) groups is 1. The lowest BCUT2D eigenvalue weighted by Crippen LogP contribution is -2.27. The Kier molecular flexibility index (Phi) is 8.70. The molecule has 1 amide bonds. The number of hydrogen-bond acceptors (Lipinski definition) is 6. The number of carbonyl (C=O) groups excluding carboxylic acids is 1. The van der Waals surface area contributed by atoms with Crippen LogP contribution in [0, 0.1) is 5.82 Å². The minimum absolute atomic E-state index is 0.0443. The van der Waals surface area contributed by atoms with Crippen LogP contribution in [-0.4, -0.2) is 41.4 Å². The first-order valence-electron chi connectivity index (χ1n) is 11.5. The van der Waals surface area contributed by atoms with Crippen LogP contribution in [0.2, 0.25) is 0 Å². The summed E-state index contributed by atoms with van der Waals surface area (Å²) in [4.78, 5) is 12.5. The molecule has 0 atom stereocenters. The van der Waals surface area contributed by atoms with E-state index in [1.165, 1.54) is 30.0 Å². The zero-order valence-corrected chi connectivity index (χ0v) is 21.5. The number of amides is 1. The maximum Gasteiger partial charge on any atom is 0.238 e. The van der Waals surface area contributed by atoms with Crippen LogP contribution in [0.4, 0.5) is 4.39 Å². The number of benzene rings is 3. The number of aryl methyl sites for hydroxylation is 1. The number of rotatable bonds is 11. The molecule has 0 radical (unpaired) electrons. The SMILES string of the molecule is NS(=O)(=O)c1ccc(CCNC(=O)CSc2nnc(-c3ccccc3F)n2CCc2ccccc2)cc1. The molecule has 0 fully saturated rings. The van der Waals surface area contributed by atoms with Crippen molar-refractivity contribution in [3.63, 3.8) is 0 Å². The number of sulfonamides is 1. The topological polar surface area (TPSA) is 120 Å². The van der Waals surface area contributed by atoms with Crippen LogP contribution in [0.5, 0.6) is 0 Å². The standard InChI is InChI=1S/C26H26FN5O3S2/c27-23-9-5-4-8-22(23)25-30-31-26(32(25)17-15-19-6-2-1-3-7-19)36-18-24(33)29-16-14-20-10-12-21(13-11-20)37(28,34)35/h1-13H,14-18H2,(H,29,33)(H2,28,34,35). The second-order valence-electron chi connectivity index (χ2n) is 8.25. The van der Waals surface area contributed by atoms with E-state index >= 15 is 0 Å². The van der Waals surface area contributed by atoms with Crippen LogP contribution < -0.4 is 10.5 Å². The lowest BCUT2D eigenvalue weighted by Gasteiger charge is -2.11. The van der Waals surface area contributed by atoms with Gasteiger partial charge < -0.3 is 9.88 Å². The fourth-order valence-corrected chi connectivity index (χ4v) is 5.01. The van der Waals surface area contributed by atoms with Gasteiger partial charge in [-0.1, -0.05) is 66.4 Å². The number of nitrogens with zero attached hydrogens (tertiary/aromatic N) is 3. The van der Waals surface area contributed by atoms with Gasteiger partial charge >= 0.3 is 0 Å². The fraction of sp³-hybridized carbons (Fsp3) is 0.192. The molecule has 4 aromatic rings. The molecular weight excluding hydrogens is 513 g/mol. The first-order chi connectivity index (χ1) is 17.8. The summed E-state index contributed by atoms with van der Waals surface area (Å²) in [6.07, 6.45) is 1.23. The van der Waals surface area contributed by atoms with E-state index in [-0.39, 0.29) is 22.4 Å². The van der Waals surface area contributed by atoms with Crippen molar-refractivity contribution in [2.75, 3.05) is 12.3 Å². The van der Waals surface area contributed by atoms with E-state index in [9.17, 15) is 17.6 Å². The van der Waals surface area contributed by atoms with Gasteiger partial charge in [-0.3, -0.25) is 4.79 Å². The Morgan fingerprint density at radius 1 is 0.919 bits per heavy atom. The van der Waals surface area contributed by atoms with Crippen LogP contribution in [0.3, 0.4) is 0 Å². The van der Waals surface area contributed by atoms with Gasteiger partial charge in [0.25, 0.3) is 0 Å². The van der Waals surface area contributed by atoms with Gasteiger partial charge in [-0.25, -0.2) is 17.9 Å². The van der Waals surface area contributed by atoms with Crippen molar-refractivity contribution in [2.45, 2.75) is 29.4 Å². The third kappa shape index (κ3) is 7.25. The number of aromatic nitrogens is 3.